The van der Waals surface area contributed by atoms with E-state index in [-0.39, 0.29) is 18.3 Å². The van der Waals surface area contributed by atoms with Gasteiger partial charge < -0.3 is 23.7 Å². The van der Waals surface area contributed by atoms with Crippen LogP contribution in [0.2, 0.25) is 0 Å². The summed E-state index contributed by atoms with van der Waals surface area (Å²) < 4.78 is 21.2. The first-order valence-corrected chi connectivity index (χ1v) is 9.10. The Balaban J connectivity index is 1.61. The van der Waals surface area contributed by atoms with Crippen molar-refractivity contribution in [3.8, 4) is 17.2 Å². The Hall–Kier alpha value is -4.27. The van der Waals surface area contributed by atoms with Gasteiger partial charge in [-0.05, 0) is 54.1 Å². The topological polar surface area (TPSA) is 120 Å². The molecule has 3 rings (SSSR count). The predicted octanol–water partition coefficient (Wildman–Crippen LogP) is 3.34. The minimum absolute atomic E-state index is 0.0354. The summed E-state index contributed by atoms with van der Waals surface area (Å²) in [5.74, 6) is 0.137. The second-order valence-electron chi connectivity index (χ2n) is 6.20. The fourth-order valence-corrected chi connectivity index (χ4v) is 2.60. The monoisotopic (exact) mass is 424 g/mol. The van der Waals surface area contributed by atoms with Gasteiger partial charge in [-0.1, -0.05) is 6.07 Å². The third kappa shape index (κ3) is 5.63. The fourth-order valence-electron chi connectivity index (χ4n) is 2.60. The van der Waals surface area contributed by atoms with Crippen LogP contribution in [0.1, 0.15) is 32.2 Å². The molecule has 1 heterocycles. The van der Waals surface area contributed by atoms with Crippen LogP contribution in [-0.4, -0.2) is 37.4 Å². The Labute approximate surface area is 177 Å². The molecule has 2 N–H and O–H groups in total. The van der Waals surface area contributed by atoms with Gasteiger partial charge in [0.2, 0.25) is 5.76 Å². The van der Waals surface area contributed by atoms with Crippen molar-refractivity contribution < 1.29 is 33.3 Å². The number of amides is 1. The van der Waals surface area contributed by atoms with E-state index in [1.54, 1.807) is 42.5 Å². The molecule has 0 aliphatic rings. The van der Waals surface area contributed by atoms with Crippen molar-refractivity contribution in [2.45, 2.75) is 6.61 Å². The fraction of sp³-hybridized carbons (Fsp3) is 0.136. The van der Waals surface area contributed by atoms with Crippen LogP contribution in [0.25, 0.3) is 0 Å². The van der Waals surface area contributed by atoms with Crippen molar-refractivity contribution in [1.29, 1.82) is 0 Å². The van der Waals surface area contributed by atoms with Crippen LogP contribution >= 0.6 is 0 Å². The van der Waals surface area contributed by atoms with E-state index in [0.717, 1.165) is 0 Å². The van der Waals surface area contributed by atoms with E-state index in [2.05, 4.69) is 10.5 Å². The van der Waals surface area contributed by atoms with Crippen LogP contribution < -0.4 is 19.6 Å². The number of carboxylic acids is 1. The Morgan fingerprint density at radius 1 is 1.06 bits per heavy atom. The number of nitrogens with zero attached hydrogens (tertiary/aromatic N) is 1. The van der Waals surface area contributed by atoms with Gasteiger partial charge in [0.1, 0.15) is 18.1 Å². The molecule has 0 saturated carbocycles. The number of hydrogen-bond donors (Lipinski definition) is 2. The molecule has 0 aliphatic heterocycles. The number of ether oxygens (including phenoxy) is 3. The summed E-state index contributed by atoms with van der Waals surface area (Å²) in [5.41, 5.74) is 3.54. The Morgan fingerprint density at radius 3 is 2.61 bits per heavy atom. The molecular formula is C22H20N2O7. The molecule has 31 heavy (non-hydrogen) atoms. The van der Waals surface area contributed by atoms with Gasteiger partial charge in [0, 0.05) is 5.56 Å². The summed E-state index contributed by atoms with van der Waals surface area (Å²) in [5, 5.41) is 12.8. The largest absolute Gasteiger partial charge is 0.497 e. The number of carbonyl (C=O) groups is 2. The first kappa shape index (κ1) is 21.4. The zero-order chi connectivity index (χ0) is 22.2. The maximum Gasteiger partial charge on any atom is 0.371 e. The quantitative estimate of drug-likeness (QED) is 0.399. The number of methoxy groups -OCH3 is 2. The Bertz CT molecular complexity index is 1100. The van der Waals surface area contributed by atoms with Gasteiger partial charge >= 0.3 is 5.97 Å². The third-order valence-corrected chi connectivity index (χ3v) is 4.14. The molecule has 1 amide bonds. The standard InChI is InChI=1S/C22H20N2O7/c1-28-16-5-3-4-15(11-16)21(25)24-23-12-14-6-8-18(20(10-14)29-2)30-13-17-7-9-19(31-17)22(26)27/h3-12H,13H2,1-2H3,(H,24,25)(H,26,27)/b23-12-. The Morgan fingerprint density at radius 2 is 1.90 bits per heavy atom. The van der Waals surface area contributed by atoms with E-state index in [1.165, 1.54) is 32.6 Å². The molecule has 0 spiro atoms. The van der Waals surface area contributed by atoms with Crippen molar-refractivity contribution in [3.63, 3.8) is 0 Å². The van der Waals surface area contributed by atoms with Crippen molar-refractivity contribution in [3.05, 3.63) is 77.2 Å². The number of benzene rings is 2. The van der Waals surface area contributed by atoms with Crippen LogP contribution in [0.3, 0.4) is 0 Å². The van der Waals surface area contributed by atoms with Crippen LogP contribution in [0, 0.1) is 0 Å². The maximum atomic E-state index is 12.2. The van der Waals surface area contributed by atoms with Crippen molar-refractivity contribution >= 4 is 18.1 Å². The summed E-state index contributed by atoms with van der Waals surface area (Å²) >= 11 is 0. The molecule has 9 heteroatoms. The number of furan rings is 1. The molecule has 3 aromatic rings. The van der Waals surface area contributed by atoms with Gasteiger partial charge in [0.05, 0.1) is 20.4 Å². The Kier molecular flexibility index (Phi) is 6.89. The normalized spacial score (nSPS) is 10.6. The van der Waals surface area contributed by atoms with Crippen molar-refractivity contribution in [2.75, 3.05) is 14.2 Å². The summed E-state index contributed by atoms with van der Waals surface area (Å²) in [4.78, 5) is 23.0. The summed E-state index contributed by atoms with van der Waals surface area (Å²) in [6.07, 6.45) is 1.47. The van der Waals surface area contributed by atoms with E-state index in [1.807, 2.05) is 0 Å². The molecule has 0 atom stereocenters. The first-order chi connectivity index (χ1) is 15.0. The average molecular weight is 424 g/mol. The molecule has 0 fully saturated rings. The number of rotatable bonds is 9. The van der Waals surface area contributed by atoms with Gasteiger partial charge in [-0.25, -0.2) is 10.2 Å². The molecule has 0 radical (unpaired) electrons. The minimum Gasteiger partial charge on any atom is -0.497 e. The highest BCUT2D eigenvalue weighted by Gasteiger charge is 2.11. The van der Waals surface area contributed by atoms with Crippen LogP contribution in [0.5, 0.6) is 17.2 Å². The second-order valence-corrected chi connectivity index (χ2v) is 6.20. The lowest BCUT2D eigenvalue weighted by Crippen LogP contribution is -2.17. The number of hydrazone groups is 1. The lowest BCUT2D eigenvalue weighted by Gasteiger charge is -2.10. The minimum atomic E-state index is -1.15. The first-order valence-electron chi connectivity index (χ1n) is 9.10. The van der Waals surface area contributed by atoms with E-state index in [4.69, 9.17) is 23.7 Å². The van der Waals surface area contributed by atoms with E-state index >= 15 is 0 Å². The zero-order valence-electron chi connectivity index (χ0n) is 16.8. The predicted molar refractivity (Wildman–Crippen MR) is 111 cm³/mol. The molecular weight excluding hydrogens is 404 g/mol. The van der Waals surface area contributed by atoms with Crippen LogP contribution in [0.4, 0.5) is 0 Å². The average Bonchev–Trinajstić information content (AvgIpc) is 3.27. The lowest BCUT2D eigenvalue weighted by atomic mass is 10.2. The van der Waals surface area contributed by atoms with Gasteiger partial charge in [-0.15, -0.1) is 0 Å². The van der Waals surface area contributed by atoms with E-state index < -0.39 is 5.97 Å². The number of aromatic carboxylic acids is 1. The number of hydrogen-bond acceptors (Lipinski definition) is 7. The third-order valence-electron chi connectivity index (χ3n) is 4.14. The lowest BCUT2D eigenvalue weighted by molar-refractivity contribution is 0.0657. The number of nitrogens with one attached hydrogen (secondary N) is 1. The molecule has 160 valence electrons. The zero-order valence-corrected chi connectivity index (χ0v) is 16.8. The van der Waals surface area contributed by atoms with Gasteiger partial charge in [0.25, 0.3) is 5.91 Å². The molecule has 1 aromatic heterocycles. The van der Waals surface area contributed by atoms with Crippen LogP contribution in [-0.2, 0) is 6.61 Å². The van der Waals surface area contributed by atoms with Crippen LogP contribution in [0.15, 0.2) is 64.1 Å². The highest BCUT2D eigenvalue weighted by molar-refractivity contribution is 5.95. The molecule has 0 aliphatic carbocycles. The molecule has 0 bridgehead atoms. The van der Waals surface area contributed by atoms with Crippen molar-refractivity contribution in [1.82, 2.24) is 5.43 Å². The van der Waals surface area contributed by atoms with Crippen molar-refractivity contribution in [2.24, 2.45) is 5.10 Å². The number of carbonyl (C=O) groups excluding carboxylic acids is 1. The second kappa shape index (κ2) is 9.97. The summed E-state index contributed by atoms with van der Waals surface area (Å²) in [6, 6.07) is 14.7. The number of carboxylic acid groups (broad SMARTS) is 1. The molecule has 0 unspecified atom stereocenters. The smallest absolute Gasteiger partial charge is 0.371 e. The SMILES string of the molecule is COc1cccc(C(=O)N/N=C\c2ccc(OCc3ccc(C(=O)O)o3)c(OC)c2)c1. The summed E-state index contributed by atoms with van der Waals surface area (Å²) in [6.45, 7) is 0.0354. The van der Waals surface area contributed by atoms with Gasteiger partial charge in [-0.3, -0.25) is 4.79 Å². The highest BCUT2D eigenvalue weighted by atomic mass is 16.5. The highest BCUT2D eigenvalue weighted by Crippen LogP contribution is 2.28. The van der Waals surface area contributed by atoms with E-state index in [9.17, 15) is 9.59 Å². The molecule has 0 saturated heterocycles. The maximum absolute atomic E-state index is 12.2. The van der Waals surface area contributed by atoms with Gasteiger partial charge in [0.15, 0.2) is 11.5 Å². The summed E-state index contributed by atoms with van der Waals surface area (Å²) in [7, 11) is 3.01. The molecule has 9 nitrogen and oxygen atoms in total. The molecule has 2 aromatic carbocycles. The van der Waals surface area contributed by atoms with E-state index in [0.29, 0.717) is 34.1 Å². The van der Waals surface area contributed by atoms with Gasteiger partial charge in [-0.2, -0.15) is 5.10 Å².